The number of hydrogen-bond acceptors (Lipinski definition) is 4. The second-order valence-electron chi connectivity index (χ2n) is 5.27. The van der Waals surface area contributed by atoms with Gasteiger partial charge in [-0.1, -0.05) is 12.1 Å². The molecule has 1 aromatic rings. The first-order valence-corrected chi connectivity index (χ1v) is 6.85. The average Bonchev–Trinajstić information content (AvgIpc) is 2.42. The lowest BCUT2D eigenvalue weighted by atomic mass is 10.1. The Labute approximate surface area is 115 Å². The molecule has 0 radical (unpaired) electrons. The van der Waals surface area contributed by atoms with Crippen molar-refractivity contribution in [3.63, 3.8) is 0 Å². The average molecular weight is 264 g/mol. The van der Waals surface area contributed by atoms with E-state index in [9.17, 15) is 0 Å². The van der Waals surface area contributed by atoms with Crippen molar-refractivity contribution >= 4 is 0 Å². The Bertz CT molecular complexity index is 423. The van der Waals surface area contributed by atoms with Gasteiger partial charge in [0, 0.05) is 31.2 Å². The van der Waals surface area contributed by atoms with Crippen LogP contribution >= 0.6 is 0 Å². The lowest BCUT2D eigenvalue weighted by Gasteiger charge is -2.36. The molecule has 106 valence electrons. The van der Waals surface area contributed by atoms with Crippen LogP contribution in [0.4, 0.5) is 0 Å². The van der Waals surface area contributed by atoms with Gasteiger partial charge in [-0.3, -0.25) is 4.90 Å². The summed E-state index contributed by atoms with van der Waals surface area (Å²) in [6.45, 7) is 7.54. The topological polar surface area (TPSA) is 47.7 Å². The predicted molar refractivity (Wildman–Crippen MR) is 76.2 cm³/mol. The molecule has 4 nitrogen and oxygen atoms in total. The Morgan fingerprint density at radius 3 is 2.89 bits per heavy atom. The third kappa shape index (κ3) is 3.47. The van der Waals surface area contributed by atoms with Crippen molar-refractivity contribution in [1.29, 1.82) is 0 Å². The van der Waals surface area contributed by atoms with Gasteiger partial charge in [0.1, 0.15) is 5.75 Å². The number of benzene rings is 1. The smallest absolute Gasteiger partial charge is 0.123 e. The molecule has 1 heterocycles. The van der Waals surface area contributed by atoms with E-state index >= 15 is 0 Å². The van der Waals surface area contributed by atoms with Gasteiger partial charge in [0.2, 0.25) is 0 Å². The molecule has 2 rings (SSSR count). The normalized spacial score (nSPS) is 24.4. The van der Waals surface area contributed by atoms with E-state index in [1.54, 1.807) is 7.11 Å². The molecule has 2 atom stereocenters. The minimum absolute atomic E-state index is 0.307. The first-order valence-electron chi connectivity index (χ1n) is 6.85. The molecular formula is C15H24N2O2. The third-order valence-electron chi connectivity index (χ3n) is 3.69. The fraction of sp³-hybridized carbons (Fsp3) is 0.600. The number of nitrogens with two attached hydrogens (primary N) is 1. The van der Waals surface area contributed by atoms with Crippen LogP contribution in [-0.2, 0) is 17.8 Å². The minimum Gasteiger partial charge on any atom is -0.496 e. The van der Waals surface area contributed by atoms with Crippen molar-refractivity contribution in [2.45, 2.75) is 39.1 Å². The molecule has 0 amide bonds. The molecule has 2 N–H and O–H groups in total. The minimum atomic E-state index is 0.307. The van der Waals surface area contributed by atoms with Crippen LogP contribution in [0.1, 0.15) is 25.0 Å². The highest BCUT2D eigenvalue weighted by molar-refractivity contribution is 5.37. The monoisotopic (exact) mass is 264 g/mol. The Kier molecular flexibility index (Phi) is 4.80. The molecule has 1 aromatic carbocycles. The van der Waals surface area contributed by atoms with E-state index < -0.39 is 0 Å². The number of morpholine rings is 1. The zero-order chi connectivity index (χ0) is 13.8. The number of nitrogens with zero attached hydrogens (tertiary/aromatic N) is 1. The second kappa shape index (κ2) is 6.37. The maximum absolute atomic E-state index is 5.69. The highest BCUT2D eigenvalue weighted by Gasteiger charge is 2.23. The van der Waals surface area contributed by atoms with E-state index in [-0.39, 0.29) is 0 Å². The quantitative estimate of drug-likeness (QED) is 0.900. The van der Waals surface area contributed by atoms with Gasteiger partial charge in [0.15, 0.2) is 0 Å². The van der Waals surface area contributed by atoms with Crippen molar-refractivity contribution in [3.8, 4) is 5.75 Å². The van der Waals surface area contributed by atoms with Crippen LogP contribution in [0.3, 0.4) is 0 Å². The summed E-state index contributed by atoms with van der Waals surface area (Å²) in [6.07, 6.45) is 0.307. The lowest BCUT2D eigenvalue weighted by Crippen LogP contribution is -2.46. The van der Waals surface area contributed by atoms with Crippen LogP contribution in [-0.4, -0.2) is 37.3 Å². The van der Waals surface area contributed by atoms with Gasteiger partial charge >= 0.3 is 0 Å². The molecular weight excluding hydrogens is 240 g/mol. The zero-order valence-corrected chi connectivity index (χ0v) is 12.1. The Hall–Kier alpha value is -1.10. The molecule has 0 bridgehead atoms. The summed E-state index contributed by atoms with van der Waals surface area (Å²) in [5.41, 5.74) is 8.00. The molecule has 1 fully saturated rings. The number of hydrogen-bond donors (Lipinski definition) is 1. The number of ether oxygens (including phenoxy) is 2. The summed E-state index contributed by atoms with van der Waals surface area (Å²) in [7, 11) is 1.69. The summed E-state index contributed by atoms with van der Waals surface area (Å²) in [6, 6.07) is 6.74. The molecule has 1 aliphatic rings. The van der Waals surface area contributed by atoms with Crippen LogP contribution in [0.2, 0.25) is 0 Å². The van der Waals surface area contributed by atoms with E-state index in [1.165, 1.54) is 5.56 Å². The summed E-state index contributed by atoms with van der Waals surface area (Å²) in [5, 5.41) is 0. The largest absolute Gasteiger partial charge is 0.496 e. The first kappa shape index (κ1) is 14.3. The standard InChI is InChI=1S/C15H24N2O2/c1-11-10-19-12(2)8-17(11)9-13-4-5-14(7-16)15(6-13)18-3/h4-6,11-12H,7-10,16H2,1-3H3. The Balaban J connectivity index is 2.09. The van der Waals surface area contributed by atoms with E-state index in [2.05, 4.69) is 36.9 Å². The lowest BCUT2D eigenvalue weighted by molar-refractivity contribution is -0.0526. The van der Waals surface area contributed by atoms with Gasteiger partial charge in [-0.2, -0.15) is 0 Å². The summed E-state index contributed by atoms with van der Waals surface area (Å²) in [5.74, 6) is 0.883. The van der Waals surface area contributed by atoms with Gasteiger partial charge in [-0.25, -0.2) is 0 Å². The van der Waals surface area contributed by atoms with Crippen LogP contribution in [0.5, 0.6) is 5.75 Å². The van der Waals surface area contributed by atoms with E-state index in [0.29, 0.717) is 18.7 Å². The van der Waals surface area contributed by atoms with Crippen molar-refractivity contribution in [1.82, 2.24) is 4.90 Å². The van der Waals surface area contributed by atoms with E-state index in [4.69, 9.17) is 15.2 Å². The van der Waals surface area contributed by atoms with Crippen LogP contribution < -0.4 is 10.5 Å². The SMILES string of the molecule is COc1cc(CN2CC(C)OCC2C)ccc1CN. The van der Waals surface area contributed by atoms with Gasteiger partial charge in [0.05, 0.1) is 19.8 Å². The second-order valence-corrected chi connectivity index (χ2v) is 5.27. The van der Waals surface area contributed by atoms with Gasteiger partial charge in [-0.05, 0) is 25.5 Å². The summed E-state index contributed by atoms with van der Waals surface area (Å²) in [4.78, 5) is 2.45. The summed E-state index contributed by atoms with van der Waals surface area (Å²) >= 11 is 0. The Morgan fingerprint density at radius 2 is 2.21 bits per heavy atom. The number of rotatable bonds is 4. The zero-order valence-electron chi connectivity index (χ0n) is 12.1. The van der Waals surface area contributed by atoms with Crippen LogP contribution in [0.15, 0.2) is 18.2 Å². The Morgan fingerprint density at radius 1 is 1.42 bits per heavy atom. The molecule has 19 heavy (non-hydrogen) atoms. The van der Waals surface area contributed by atoms with Gasteiger partial charge in [-0.15, -0.1) is 0 Å². The fourth-order valence-electron chi connectivity index (χ4n) is 2.48. The van der Waals surface area contributed by atoms with Crippen LogP contribution in [0, 0.1) is 0 Å². The maximum Gasteiger partial charge on any atom is 0.123 e. The predicted octanol–water partition coefficient (Wildman–Crippen LogP) is 1.76. The van der Waals surface area contributed by atoms with Crippen molar-refractivity contribution in [2.75, 3.05) is 20.3 Å². The molecule has 2 unspecified atom stereocenters. The van der Waals surface area contributed by atoms with Gasteiger partial charge < -0.3 is 15.2 Å². The van der Waals surface area contributed by atoms with Gasteiger partial charge in [0.25, 0.3) is 0 Å². The highest BCUT2D eigenvalue weighted by atomic mass is 16.5. The van der Waals surface area contributed by atoms with Crippen molar-refractivity contribution < 1.29 is 9.47 Å². The highest BCUT2D eigenvalue weighted by Crippen LogP contribution is 2.22. The van der Waals surface area contributed by atoms with E-state index in [1.807, 2.05) is 0 Å². The summed E-state index contributed by atoms with van der Waals surface area (Å²) < 4.78 is 11.0. The molecule has 0 spiro atoms. The van der Waals surface area contributed by atoms with E-state index in [0.717, 1.165) is 31.0 Å². The molecule has 1 saturated heterocycles. The van der Waals surface area contributed by atoms with Crippen LogP contribution in [0.25, 0.3) is 0 Å². The molecule has 1 aliphatic heterocycles. The first-order chi connectivity index (χ1) is 9.13. The maximum atomic E-state index is 5.69. The molecule has 0 saturated carbocycles. The van der Waals surface area contributed by atoms with Crippen molar-refractivity contribution in [2.24, 2.45) is 5.73 Å². The third-order valence-corrected chi connectivity index (χ3v) is 3.69. The fourth-order valence-corrected chi connectivity index (χ4v) is 2.48. The van der Waals surface area contributed by atoms with Crippen molar-refractivity contribution in [3.05, 3.63) is 29.3 Å². The molecule has 0 aromatic heterocycles. The molecule has 4 heteroatoms. The molecule has 0 aliphatic carbocycles. The number of methoxy groups -OCH3 is 1.